The number of benzene rings is 1. The van der Waals surface area contributed by atoms with Crippen LogP contribution in [0.1, 0.15) is 6.92 Å². The van der Waals surface area contributed by atoms with Crippen molar-refractivity contribution in [1.82, 2.24) is 3.08 Å². The summed E-state index contributed by atoms with van der Waals surface area (Å²) in [7, 11) is 0. The molecule has 0 heterocycles. The van der Waals surface area contributed by atoms with E-state index >= 15 is 0 Å². The van der Waals surface area contributed by atoms with Gasteiger partial charge in [0.25, 0.3) is 0 Å². The van der Waals surface area contributed by atoms with E-state index in [0.29, 0.717) is 0 Å². The summed E-state index contributed by atoms with van der Waals surface area (Å²) in [4.78, 5) is 0.940. The van der Waals surface area contributed by atoms with Crippen LogP contribution in [0.4, 0.5) is 0 Å². The van der Waals surface area contributed by atoms with Crippen LogP contribution in [0.5, 0.6) is 0 Å². The maximum absolute atomic E-state index is 4.94. The number of nitrogens with one attached hydrogen (secondary N) is 1. The average molecular weight is 352 g/mol. The Bertz CT molecular complexity index is 235. The molecular formula is C8H9HgNS. The molecule has 0 bridgehead atoms. The van der Waals surface area contributed by atoms with Gasteiger partial charge in [0.1, 0.15) is 0 Å². The third-order valence-electron chi connectivity index (χ3n) is 1.38. The first-order chi connectivity index (χ1) is 5.29. The Morgan fingerprint density at radius 3 is 2.55 bits per heavy atom. The van der Waals surface area contributed by atoms with Gasteiger partial charge in [-0.15, -0.1) is 0 Å². The van der Waals surface area contributed by atoms with Crippen molar-refractivity contribution >= 4 is 20.3 Å². The predicted octanol–water partition coefficient (Wildman–Crippen LogP) is 1.25. The van der Waals surface area contributed by atoms with Gasteiger partial charge in [-0.25, -0.2) is 0 Å². The molecule has 0 aliphatic heterocycles. The molecule has 0 aliphatic rings. The van der Waals surface area contributed by atoms with Crippen molar-refractivity contribution < 1.29 is 24.9 Å². The fraction of sp³-hybridized carbons (Fsp3) is 0.125. The van der Waals surface area contributed by atoms with Crippen LogP contribution in [0.25, 0.3) is 0 Å². The van der Waals surface area contributed by atoms with Gasteiger partial charge >= 0.3 is 85.5 Å². The van der Waals surface area contributed by atoms with Crippen LogP contribution < -0.4 is 6.15 Å². The summed E-state index contributed by atoms with van der Waals surface area (Å²) >= 11 is 3.88. The van der Waals surface area contributed by atoms with Crippen LogP contribution in [-0.4, -0.2) is 4.99 Å². The second-order valence-electron chi connectivity index (χ2n) is 2.40. The molecule has 11 heavy (non-hydrogen) atoms. The Hall–Kier alpha value is 0.0451. The molecule has 1 rings (SSSR count). The molecule has 0 spiro atoms. The van der Waals surface area contributed by atoms with E-state index in [-0.39, 0.29) is 0 Å². The summed E-state index contributed by atoms with van der Waals surface area (Å²) in [5.74, 6) is 0. The van der Waals surface area contributed by atoms with Crippen LogP contribution in [0.2, 0.25) is 0 Å². The summed E-state index contributed by atoms with van der Waals surface area (Å²) in [5.41, 5.74) is 0. The van der Waals surface area contributed by atoms with E-state index < -0.39 is 24.9 Å². The molecule has 0 aliphatic carbocycles. The first-order valence-electron chi connectivity index (χ1n) is 3.57. The van der Waals surface area contributed by atoms with Gasteiger partial charge in [-0.1, -0.05) is 0 Å². The zero-order valence-electron chi connectivity index (χ0n) is 6.50. The van der Waals surface area contributed by atoms with Gasteiger partial charge in [-0.2, -0.15) is 0 Å². The van der Waals surface area contributed by atoms with Crippen molar-refractivity contribution in [1.29, 1.82) is 0 Å². The van der Waals surface area contributed by atoms with E-state index in [0.717, 1.165) is 4.99 Å². The Kier molecular flexibility index (Phi) is 4.01. The first kappa shape index (κ1) is 9.14. The van der Waals surface area contributed by atoms with Crippen molar-refractivity contribution in [2.24, 2.45) is 0 Å². The van der Waals surface area contributed by atoms with Gasteiger partial charge < -0.3 is 0 Å². The third kappa shape index (κ3) is 3.82. The maximum atomic E-state index is 4.94. The second kappa shape index (κ2) is 4.83. The van der Waals surface area contributed by atoms with E-state index in [4.69, 9.17) is 12.2 Å². The standard InChI is InChI=1S/C6H5.C2H5NS.Hg/c1-2-4-6-5-3-1;1-2(3)4;/h1-5H;1H3,(H2,3,4);/q;;+1/p-1. The second-order valence-corrected chi connectivity index (χ2v) is 8.93. The van der Waals surface area contributed by atoms with Crippen molar-refractivity contribution in [3.63, 3.8) is 0 Å². The summed E-state index contributed by atoms with van der Waals surface area (Å²) in [6, 6.07) is 10.5. The van der Waals surface area contributed by atoms with E-state index in [9.17, 15) is 0 Å². The third-order valence-corrected chi connectivity index (χ3v) is 8.69. The van der Waals surface area contributed by atoms with Crippen LogP contribution in [-0.2, 0) is 24.9 Å². The molecule has 3 heteroatoms. The fourth-order valence-electron chi connectivity index (χ4n) is 0.822. The van der Waals surface area contributed by atoms with Crippen molar-refractivity contribution in [2.75, 3.05) is 0 Å². The molecule has 1 aromatic rings. The van der Waals surface area contributed by atoms with Gasteiger partial charge in [-0.3, -0.25) is 0 Å². The van der Waals surface area contributed by atoms with Crippen LogP contribution in [0, 0.1) is 0 Å². The molecule has 0 radical (unpaired) electrons. The molecule has 0 atom stereocenters. The topological polar surface area (TPSA) is 12.0 Å². The van der Waals surface area contributed by atoms with Crippen molar-refractivity contribution in [3.05, 3.63) is 30.3 Å². The fourth-order valence-corrected chi connectivity index (χ4v) is 5.19. The Morgan fingerprint density at radius 1 is 1.36 bits per heavy atom. The number of hydrogen-bond donors (Lipinski definition) is 1. The molecule has 0 aromatic heterocycles. The van der Waals surface area contributed by atoms with E-state index in [1.165, 1.54) is 3.07 Å². The number of thiocarbonyl (C=S) groups is 1. The van der Waals surface area contributed by atoms with E-state index in [1.807, 2.05) is 13.0 Å². The van der Waals surface area contributed by atoms with Gasteiger partial charge in [0.15, 0.2) is 0 Å². The SMILES string of the molecule is CC(=S)[NH][Hg][c]1ccccc1. The minimum absolute atomic E-state index is 0.940. The summed E-state index contributed by atoms with van der Waals surface area (Å²) in [6.07, 6.45) is 0. The minimum atomic E-state index is -1.06. The molecule has 0 saturated carbocycles. The number of rotatable bonds is 2. The normalized spacial score (nSPS) is 8.45. The Balaban J connectivity index is 2.45. The quantitative estimate of drug-likeness (QED) is 0.636. The predicted molar refractivity (Wildman–Crippen MR) is 47.5 cm³/mol. The van der Waals surface area contributed by atoms with Gasteiger partial charge in [0.2, 0.25) is 0 Å². The van der Waals surface area contributed by atoms with E-state index in [1.54, 1.807) is 0 Å². The van der Waals surface area contributed by atoms with Crippen LogP contribution >= 0.6 is 12.2 Å². The molecule has 54 valence electrons. The van der Waals surface area contributed by atoms with Gasteiger partial charge in [0, 0.05) is 0 Å². The average Bonchev–Trinajstić information content (AvgIpc) is 2.03. The van der Waals surface area contributed by atoms with Gasteiger partial charge in [-0.05, 0) is 0 Å². The Morgan fingerprint density at radius 2 is 2.00 bits per heavy atom. The molecule has 0 amide bonds. The monoisotopic (exact) mass is 353 g/mol. The molecule has 1 nitrogen and oxygen atoms in total. The summed E-state index contributed by atoms with van der Waals surface area (Å²) < 4.78 is 4.80. The number of hydrogen-bond acceptors (Lipinski definition) is 1. The molecule has 0 saturated heterocycles. The molecule has 1 aromatic carbocycles. The zero-order valence-corrected chi connectivity index (χ0v) is 12.8. The molecule has 0 unspecified atom stereocenters. The van der Waals surface area contributed by atoms with Crippen molar-refractivity contribution in [3.8, 4) is 0 Å². The zero-order chi connectivity index (χ0) is 8.10. The summed E-state index contributed by atoms with van der Waals surface area (Å²) in [5, 5.41) is 0. The molecule has 1 N–H and O–H groups in total. The van der Waals surface area contributed by atoms with Crippen molar-refractivity contribution in [2.45, 2.75) is 6.92 Å². The molecule has 0 fully saturated rings. The van der Waals surface area contributed by atoms with Crippen LogP contribution in [0.3, 0.4) is 0 Å². The summed E-state index contributed by atoms with van der Waals surface area (Å²) in [6.45, 7) is 1.94. The van der Waals surface area contributed by atoms with Gasteiger partial charge in [0.05, 0.1) is 0 Å². The first-order valence-corrected chi connectivity index (χ1v) is 9.48. The Labute approximate surface area is 85.1 Å². The molecular weight excluding hydrogens is 343 g/mol. The van der Waals surface area contributed by atoms with E-state index in [2.05, 4.69) is 27.3 Å². The van der Waals surface area contributed by atoms with Crippen LogP contribution in [0.15, 0.2) is 30.3 Å².